The maximum absolute atomic E-state index is 12.3. The quantitative estimate of drug-likeness (QED) is 0.801. The lowest BCUT2D eigenvalue weighted by atomic mass is 9.89. The summed E-state index contributed by atoms with van der Waals surface area (Å²) >= 11 is 0. The third-order valence-electron chi connectivity index (χ3n) is 4.38. The Balaban J connectivity index is 2.55. The lowest BCUT2D eigenvalue weighted by Gasteiger charge is -2.48. The molecule has 0 aliphatic carbocycles. The first-order chi connectivity index (χ1) is 9.16. The Labute approximate surface area is 121 Å². The molecule has 0 aromatic carbocycles. The molecular formula is C15H29F3N2. The van der Waals surface area contributed by atoms with Crippen LogP contribution in [0.3, 0.4) is 0 Å². The van der Waals surface area contributed by atoms with E-state index in [0.717, 1.165) is 25.9 Å². The number of piperazine rings is 1. The molecule has 1 fully saturated rings. The topological polar surface area (TPSA) is 15.3 Å². The van der Waals surface area contributed by atoms with Crippen LogP contribution in [0.1, 0.15) is 53.4 Å². The van der Waals surface area contributed by atoms with Crippen molar-refractivity contribution < 1.29 is 13.2 Å². The molecule has 0 aromatic heterocycles. The first-order valence-corrected chi connectivity index (χ1v) is 7.71. The van der Waals surface area contributed by atoms with Gasteiger partial charge in [0.25, 0.3) is 0 Å². The second kappa shape index (κ2) is 7.12. The van der Waals surface area contributed by atoms with Gasteiger partial charge in [-0.25, -0.2) is 0 Å². The Morgan fingerprint density at radius 3 is 2.50 bits per heavy atom. The van der Waals surface area contributed by atoms with Crippen molar-refractivity contribution in [1.29, 1.82) is 0 Å². The average Bonchev–Trinajstić information content (AvgIpc) is 2.31. The van der Waals surface area contributed by atoms with Crippen LogP contribution in [0.2, 0.25) is 0 Å². The van der Waals surface area contributed by atoms with Crippen LogP contribution in [0, 0.1) is 5.92 Å². The molecule has 0 aromatic rings. The van der Waals surface area contributed by atoms with Gasteiger partial charge in [0.05, 0.1) is 0 Å². The van der Waals surface area contributed by atoms with Crippen LogP contribution in [-0.4, -0.2) is 42.3 Å². The van der Waals surface area contributed by atoms with E-state index in [-0.39, 0.29) is 12.0 Å². The molecule has 0 amide bonds. The minimum absolute atomic E-state index is 0.0148. The highest BCUT2D eigenvalue weighted by Crippen LogP contribution is 2.27. The van der Waals surface area contributed by atoms with Crippen molar-refractivity contribution in [2.24, 2.45) is 5.92 Å². The lowest BCUT2D eigenvalue weighted by molar-refractivity contribution is -0.137. The molecular weight excluding hydrogens is 265 g/mol. The third kappa shape index (κ3) is 5.60. The van der Waals surface area contributed by atoms with Gasteiger partial charge in [-0.15, -0.1) is 0 Å². The normalized spacial score (nSPS) is 29.1. The molecule has 2 atom stereocenters. The summed E-state index contributed by atoms with van der Waals surface area (Å²) in [5.74, 6) is 0.607. The van der Waals surface area contributed by atoms with Crippen LogP contribution in [0.15, 0.2) is 0 Å². The van der Waals surface area contributed by atoms with E-state index in [1.165, 1.54) is 0 Å². The Morgan fingerprint density at radius 1 is 1.35 bits per heavy atom. The number of nitrogens with one attached hydrogen (secondary N) is 1. The van der Waals surface area contributed by atoms with Gasteiger partial charge in [0, 0.05) is 31.1 Å². The molecule has 0 saturated carbocycles. The molecule has 1 saturated heterocycles. The summed E-state index contributed by atoms with van der Waals surface area (Å²) in [5, 5.41) is 3.56. The summed E-state index contributed by atoms with van der Waals surface area (Å²) in [7, 11) is 0. The zero-order valence-corrected chi connectivity index (χ0v) is 13.2. The fourth-order valence-electron chi connectivity index (χ4n) is 2.93. The number of hydrogen-bond acceptors (Lipinski definition) is 2. The highest BCUT2D eigenvalue weighted by Gasteiger charge is 2.36. The molecule has 1 aliphatic rings. The maximum Gasteiger partial charge on any atom is 0.389 e. The van der Waals surface area contributed by atoms with E-state index in [9.17, 15) is 13.2 Å². The summed E-state index contributed by atoms with van der Waals surface area (Å²) in [6.07, 6.45) is -2.47. The van der Waals surface area contributed by atoms with Gasteiger partial charge in [0.2, 0.25) is 0 Å². The molecule has 120 valence electrons. The third-order valence-corrected chi connectivity index (χ3v) is 4.38. The summed E-state index contributed by atoms with van der Waals surface area (Å²) in [6.45, 7) is 10.9. The molecule has 1 rings (SSSR count). The van der Waals surface area contributed by atoms with Gasteiger partial charge in [-0.05, 0) is 38.6 Å². The first-order valence-electron chi connectivity index (χ1n) is 7.71. The van der Waals surface area contributed by atoms with E-state index in [4.69, 9.17) is 0 Å². The largest absolute Gasteiger partial charge is 0.389 e. The van der Waals surface area contributed by atoms with Gasteiger partial charge in [-0.3, -0.25) is 4.90 Å². The summed E-state index contributed by atoms with van der Waals surface area (Å²) in [6, 6.07) is 0.403. The van der Waals surface area contributed by atoms with Crippen molar-refractivity contribution in [2.45, 2.75) is 71.1 Å². The SMILES string of the molecule is CCC1(C)CNC(CC(C)C)CN1CCCC(F)(F)F. The van der Waals surface area contributed by atoms with Crippen molar-refractivity contribution in [1.82, 2.24) is 10.2 Å². The molecule has 1 aliphatic heterocycles. The van der Waals surface area contributed by atoms with E-state index in [0.29, 0.717) is 18.5 Å². The van der Waals surface area contributed by atoms with Crippen molar-refractivity contribution in [3.63, 3.8) is 0 Å². The standard InChI is InChI=1S/C15H29F3N2/c1-5-14(4)11-19-13(9-12(2)3)10-20(14)8-6-7-15(16,17)18/h12-13,19H,5-11H2,1-4H3. The monoisotopic (exact) mass is 294 g/mol. The van der Waals surface area contributed by atoms with E-state index in [2.05, 4.69) is 37.9 Å². The molecule has 2 unspecified atom stereocenters. The molecule has 2 nitrogen and oxygen atoms in total. The minimum Gasteiger partial charge on any atom is -0.311 e. The van der Waals surface area contributed by atoms with Crippen LogP contribution in [-0.2, 0) is 0 Å². The maximum atomic E-state index is 12.3. The fraction of sp³-hybridized carbons (Fsp3) is 1.00. The molecule has 1 N–H and O–H groups in total. The Morgan fingerprint density at radius 2 is 2.00 bits per heavy atom. The van der Waals surface area contributed by atoms with Crippen molar-refractivity contribution >= 4 is 0 Å². The van der Waals surface area contributed by atoms with Crippen LogP contribution in [0.25, 0.3) is 0 Å². The van der Waals surface area contributed by atoms with Crippen LogP contribution < -0.4 is 5.32 Å². The van der Waals surface area contributed by atoms with E-state index >= 15 is 0 Å². The Kier molecular flexibility index (Phi) is 6.32. The van der Waals surface area contributed by atoms with Crippen molar-refractivity contribution in [2.75, 3.05) is 19.6 Å². The summed E-state index contributed by atoms with van der Waals surface area (Å²) < 4.78 is 36.9. The highest BCUT2D eigenvalue weighted by atomic mass is 19.4. The smallest absolute Gasteiger partial charge is 0.311 e. The number of hydrogen-bond donors (Lipinski definition) is 1. The molecule has 5 heteroatoms. The highest BCUT2D eigenvalue weighted by molar-refractivity contribution is 4.95. The van der Waals surface area contributed by atoms with Crippen LogP contribution >= 0.6 is 0 Å². The molecule has 1 heterocycles. The predicted octanol–water partition coefficient (Wildman–Crippen LogP) is 3.82. The van der Waals surface area contributed by atoms with Gasteiger partial charge >= 0.3 is 6.18 Å². The van der Waals surface area contributed by atoms with Gasteiger partial charge in [0.1, 0.15) is 0 Å². The Hall–Kier alpha value is -0.290. The van der Waals surface area contributed by atoms with Gasteiger partial charge in [-0.2, -0.15) is 13.2 Å². The molecule has 0 spiro atoms. The number of nitrogens with zero attached hydrogens (tertiary/aromatic N) is 1. The van der Waals surface area contributed by atoms with E-state index in [1.54, 1.807) is 0 Å². The van der Waals surface area contributed by atoms with Crippen molar-refractivity contribution in [3.8, 4) is 0 Å². The second-order valence-electron chi connectivity index (χ2n) is 6.72. The van der Waals surface area contributed by atoms with Crippen molar-refractivity contribution in [3.05, 3.63) is 0 Å². The Bertz CT molecular complexity index is 291. The van der Waals surface area contributed by atoms with Crippen LogP contribution in [0.5, 0.6) is 0 Å². The fourth-order valence-corrected chi connectivity index (χ4v) is 2.93. The zero-order valence-electron chi connectivity index (χ0n) is 13.2. The second-order valence-corrected chi connectivity index (χ2v) is 6.72. The van der Waals surface area contributed by atoms with E-state index in [1.807, 2.05) is 0 Å². The predicted molar refractivity (Wildman–Crippen MR) is 76.8 cm³/mol. The number of alkyl halides is 3. The van der Waals surface area contributed by atoms with Gasteiger partial charge in [-0.1, -0.05) is 20.8 Å². The van der Waals surface area contributed by atoms with Crippen LogP contribution in [0.4, 0.5) is 13.2 Å². The van der Waals surface area contributed by atoms with E-state index < -0.39 is 12.6 Å². The molecule has 0 radical (unpaired) electrons. The minimum atomic E-state index is -4.03. The molecule has 20 heavy (non-hydrogen) atoms. The zero-order chi connectivity index (χ0) is 15.4. The molecule has 0 bridgehead atoms. The summed E-state index contributed by atoms with van der Waals surface area (Å²) in [5.41, 5.74) is -0.0148. The summed E-state index contributed by atoms with van der Waals surface area (Å²) in [4.78, 5) is 2.27. The number of halogens is 3. The first kappa shape index (κ1) is 17.8. The number of rotatable bonds is 6. The lowest BCUT2D eigenvalue weighted by Crippen LogP contribution is -2.63. The average molecular weight is 294 g/mol. The van der Waals surface area contributed by atoms with Gasteiger partial charge < -0.3 is 5.32 Å². The van der Waals surface area contributed by atoms with Gasteiger partial charge in [0.15, 0.2) is 0 Å².